The Labute approximate surface area is 107 Å². The monoisotopic (exact) mass is 252 g/mol. The minimum Gasteiger partial charge on any atom is -0.493 e. The Morgan fingerprint density at radius 2 is 1.94 bits per heavy atom. The molecule has 0 saturated heterocycles. The standard InChI is InChI=1S/C13H20N2O3/c1-3-14-8-9-15-13(16)10-18-12-7-5-4-6-11(12)17-2/h4-7,14H,3,8-10H2,1-2H3,(H,15,16). The average Bonchev–Trinajstić information content (AvgIpc) is 2.41. The van der Waals surface area contributed by atoms with Crippen LogP contribution in [0.4, 0.5) is 0 Å². The van der Waals surface area contributed by atoms with E-state index in [1.54, 1.807) is 19.2 Å². The summed E-state index contributed by atoms with van der Waals surface area (Å²) in [5.41, 5.74) is 0. The van der Waals surface area contributed by atoms with Crippen LogP contribution >= 0.6 is 0 Å². The maximum atomic E-state index is 11.5. The third-order valence-corrected chi connectivity index (χ3v) is 2.30. The van der Waals surface area contributed by atoms with Crippen molar-refractivity contribution in [1.82, 2.24) is 10.6 Å². The molecule has 1 aromatic carbocycles. The number of carbonyl (C=O) groups is 1. The molecule has 0 saturated carbocycles. The third kappa shape index (κ3) is 5.05. The molecular formula is C13H20N2O3. The fraction of sp³-hybridized carbons (Fsp3) is 0.462. The lowest BCUT2D eigenvalue weighted by atomic mass is 10.3. The Morgan fingerprint density at radius 3 is 2.61 bits per heavy atom. The van der Waals surface area contributed by atoms with Gasteiger partial charge in [0.1, 0.15) is 0 Å². The molecule has 1 rings (SSSR count). The summed E-state index contributed by atoms with van der Waals surface area (Å²) in [6.07, 6.45) is 0. The Hall–Kier alpha value is -1.75. The fourth-order valence-corrected chi connectivity index (χ4v) is 1.40. The van der Waals surface area contributed by atoms with E-state index in [1.165, 1.54) is 0 Å². The molecule has 0 unspecified atom stereocenters. The Kier molecular flexibility index (Phi) is 6.64. The molecule has 0 spiro atoms. The van der Waals surface area contributed by atoms with Crippen molar-refractivity contribution in [2.45, 2.75) is 6.92 Å². The molecule has 18 heavy (non-hydrogen) atoms. The topological polar surface area (TPSA) is 59.6 Å². The summed E-state index contributed by atoms with van der Waals surface area (Å²) in [5.74, 6) is 1.05. The maximum Gasteiger partial charge on any atom is 0.257 e. The summed E-state index contributed by atoms with van der Waals surface area (Å²) >= 11 is 0. The van der Waals surface area contributed by atoms with Crippen LogP contribution in [0.1, 0.15) is 6.92 Å². The molecule has 0 aromatic heterocycles. The van der Waals surface area contributed by atoms with Crippen LogP contribution < -0.4 is 20.1 Å². The van der Waals surface area contributed by atoms with Gasteiger partial charge in [0.05, 0.1) is 7.11 Å². The van der Waals surface area contributed by atoms with Crippen molar-refractivity contribution < 1.29 is 14.3 Å². The van der Waals surface area contributed by atoms with Crippen molar-refractivity contribution in [2.75, 3.05) is 33.4 Å². The second-order valence-electron chi connectivity index (χ2n) is 3.64. The zero-order chi connectivity index (χ0) is 13.2. The van der Waals surface area contributed by atoms with Crippen LogP contribution in [0.2, 0.25) is 0 Å². The van der Waals surface area contributed by atoms with E-state index in [0.29, 0.717) is 18.0 Å². The van der Waals surface area contributed by atoms with Crippen molar-refractivity contribution in [3.63, 3.8) is 0 Å². The van der Waals surface area contributed by atoms with E-state index in [2.05, 4.69) is 10.6 Å². The minimum atomic E-state index is -0.140. The molecule has 0 heterocycles. The van der Waals surface area contributed by atoms with Crippen molar-refractivity contribution in [3.05, 3.63) is 24.3 Å². The molecule has 0 aliphatic heterocycles. The maximum absolute atomic E-state index is 11.5. The van der Waals surface area contributed by atoms with E-state index in [-0.39, 0.29) is 12.5 Å². The van der Waals surface area contributed by atoms with E-state index in [4.69, 9.17) is 9.47 Å². The molecule has 0 radical (unpaired) electrons. The average molecular weight is 252 g/mol. The van der Waals surface area contributed by atoms with Crippen LogP contribution in [0.3, 0.4) is 0 Å². The summed E-state index contributed by atoms with van der Waals surface area (Å²) in [6.45, 7) is 4.27. The highest BCUT2D eigenvalue weighted by Crippen LogP contribution is 2.25. The number of amides is 1. The van der Waals surface area contributed by atoms with Gasteiger partial charge in [-0.25, -0.2) is 0 Å². The smallest absolute Gasteiger partial charge is 0.257 e. The largest absolute Gasteiger partial charge is 0.493 e. The number of benzene rings is 1. The lowest BCUT2D eigenvalue weighted by Crippen LogP contribution is -2.34. The van der Waals surface area contributed by atoms with Crippen LogP contribution in [0.15, 0.2) is 24.3 Å². The van der Waals surface area contributed by atoms with Gasteiger partial charge in [0, 0.05) is 13.1 Å². The van der Waals surface area contributed by atoms with E-state index >= 15 is 0 Å². The van der Waals surface area contributed by atoms with Crippen molar-refractivity contribution in [3.8, 4) is 11.5 Å². The highest BCUT2D eigenvalue weighted by atomic mass is 16.5. The van der Waals surface area contributed by atoms with Crippen LogP contribution in [0.5, 0.6) is 11.5 Å². The van der Waals surface area contributed by atoms with Gasteiger partial charge in [-0.3, -0.25) is 4.79 Å². The molecule has 5 heteroatoms. The molecule has 100 valence electrons. The van der Waals surface area contributed by atoms with Gasteiger partial charge in [-0.05, 0) is 18.7 Å². The molecule has 1 aromatic rings. The Morgan fingerprint density at radius 1 is 1.22 bits per heavy atom. The highest BCUT2D eigenvalue weighted by molar-refractivity contribution is 5.77. The molecular weight excluding hydrogens is 232 g/mol. The number of likely N-dealkylation sites (N-methyl/N-ethyl adjacent to an activating group) is 1. The zero-order valence-electron chi connectivity index (χ0n) is 10.9. The van der Waals surface area contributed by atoms with Gasteiger partial charge in [-0.1, -0.05) is 19.1 Å². The number of nitrogens with one attached hydrogen (secondary N) is 2. The summed E-state index contributed by atoms with van der Waals surface area (Å²) in [6, 6.07) is 7.24. The van der Waals surface area contributed by atoms with E-state index in [1.807, 2.05) is 19.1 Å². The van der Waals surface area contributed by atoms with Gasteiger partial charge in [0.25, 0.3) is 5.91 Å². The van der Waals surface area contributed by atoms with Crippen LogP contribution in [-0.4, -0.2) is 39.3 Å². The van der Waals surface area contributed by atoms with E-state index in [0.717, 1.165) is 13.1 Å². The second kappa shape index (κ2) is 8.36. The van der Waals surface area contributed by atoms with Crippen LogP contribution in [0.25, 0.3) is 0 Å². The first-order valence-electron chi connectivity index (χ1n) is 6.01. The molecule has 0 fully saturated rings. The van der Waals surface area contributed by atoms with Crippen molar-refractivity contribution >= 4 is 5.91 Å². The van der Waals surface area contributed by atoms with Gasteiger partial charge < -0.3 is 20.1 Å². The van der Waals surface area contributed by atoms with Gasteiger partial charge in [-0.2, -0.15) is 0 Å². The lowest BCUT2D eigenvalue weighted by Gasteiger charge is -2.10. The van der Waals surface area contributed by atoms with E-state index < -0.39 is 0 Å². The SMILES string of the molecule is CCNCCNC(=O)COc1ccccc1OC. The number of methoxy groups -OCH3 is 1. The first-order valence-corrected chi connectivity index (χ1v) is 6.01. The summed E-state index contributed by atoms with van der Waals surface area (Å²) in [7, 11) is 1.57. The van der Waals surface area contributed by atoms with Crippen LogP contribution in [0, 0.1) is 0 Å². The first kappa shape index (κ1) is 14.3. The third-order valence-electron chi connectivity index (χ3n) is 2.30. The first-order chi connectivity index (χ1) is 8.77. The molecule has 5 nitrogen and oxygen atoms in total. The molecule has 2 N–H and O–H groups in total. The predicted molar refractivity (Wildman–Crippen MR) is 70.0 cm³/mol. The summed E-state index contributed by atoms with van der Waals surface area (Å²) in [4.78, 5) is 11.5. The van der Waals surface area contributed by atoms with Crippen LogP contribution in [-0.2, 0) is 4.79 Å². The molecule has 0 aliphatic carbocycles. The quantitative estimate of drug-likeness (QED) is 0.672. The Balaban J connectivity index is 2.29. The number of hydrogen-bond acceptors (Lipinski definition) is 4. The number of rotatable bonds is 8. The highest BCUT2D eigenvalue weighted by Gasteiger charge is 2.05. The van der Waals surface area contributed by atoms with Crippen molar-refractivity contribution in [2.24, 2.45) is 0 Å². The number of hydrogen-bond donors (Lipinski definition) is 2. The van der Waals surface area contributed by atoms with E-state index in [9.17, 15) is 4.79 Å². The zero-order valence-corrected chi connectivity index (χ0v) is 10.9. The molecule has 0 atom stereocenters. The normalized spacial score (nSPS) is 9.89. The molecule has 1 amide bonds. The predicted octanol–water partition coefficient (Wildman–Crippen LogP) is 0.800. The molecule has 0 aliphatic rings. The lowest BCUT2D eigenvalue weighted by molar-refractivity contribution is -0.123. The number of para-hydroxylation sites is 2. The van der Waals surface area contributed by atoms with Gasteiger partial charge in [0.2, 0.25) is 0 Å². The number of ether oxygens (including phenoxy) is 2. The van der Waals surface area contributed by atoms with Gasteiger partial charge in [-0.15, -0.1) is 0 Å². The summed E-state index contributed by atoms with van der Waals surface area (Å²) < 4.78 is 10.5. The summed E-state index contributed by atoms with van der Waals surface area (Å²) in [5, 5.41) is 5.88. The molecule has 0 bridgehead atoms. The fourth-order valence-electron chi connectivity index (χ4n) is 1.40. The Bertz CT molecular complexity index is 369. The van der Waals surface area contributed by atoms with Crippen molar-refractivity contribution in [1.29, 1.82) is 0 Å². The minimum absolute atomic E-state index is 0.00744. The van der Waals surface area contributed by atoms with Gasteiger partial charge in [0.15, 0.2) is 18.1 Å². The van der Waals surface area contributed by atoms with Gasteiger partial charge >= 0.3 is 0 Å². The number of carbonyl (C=O) groups excluding carboxylic acids is 1. The second-order valence-corrected chi connectivity index (χ2v) is 3.64.